The highest BCUT2D eigenvalue weighted by molar-refractivity contribution is 7.90. The van der Waals surface area contributed by atoms with Crippen LogP contribution in [0, 0.1) is 6.92 Å². The van der Waals surface area contributed by atoms with Gasteiger partial charge in [0.1, 0.15) is 9.84 Å². The van der Waals surface area contributed by atoms with Crippen LogP contribution in [0.15, 0.2) is 6.20 Å². The van der Waals surface area contributed by atoms with E-state index in [1.807, 2.05) is 32.1 Å². The Morgan fingerprint density at radius 3 is 2.56 bits per heavy atom. The Bertz CT molecular complexity index is 495. The first-order chi connectivity index (χ1) is 8.24. The van der Waals surface area contributed by atoms with E-state index < -0.39 is 9.84 Å². The highest BCUT2D eigenvalue weighted by Gasteiger charge is 2.20. The van der Waals surface area contributed by atoms with Crippen molar-refractivity contribution in [3.05, 3.63) is 17.5 Å². The molecule has 7 heteroatoms. The summed E-state index contributed by atoms with van der Waals surface area (Å²) >= 11 is 0. The Hall–Kier alpha value is -0.920. The van der Waals surface area contributed by atoms with E-state index in [1.54, 1.807) is 4.68 Å². The van der Waals surface area contributed by atoms with Crippen molar-refractivity contribution in [1.29, 1.82) is 0 Å². The molecule has 6 nitrogen and oxygen atoms in total. The molecule has 1 aromatic rings. The molecule has 0 saturated carbocycles. The minimum absolute atomic E-state index is 0.000417. The van der Waals surface area contributed by atoms with Gasteiger partial charge < -0.3 is 5.73 Å². The second-order valence-corrected chi connectivity index (χ2v) is 6.97. The lowest BCUT2D eigenvalue weighted by atomic mass is 10.1. The average Bonchev–Trinajstić information content (AvgIpc) is 2.55. The number of likely N-dealkylation sites (N-methyl/N-ethyl adjacent to an activating group) is 1. The lowest BCUT2D eigenvalue weighted by Gasteiger charge is -2.26. The second-order valence-electron chi connectivity index (χ2n) is 4.71. The molecule has 2 N–H and O–H groups in total. The largest absolute Gasteiger partial charge is 0.329 e. The van der Waals surface area contributed by atoms with E-state index in [9.17, 15) is 8.42 Å². The van der Waals surface area contributed by atoms with Crippen LogP contribution < -0.4 is 5.73 Å². The van der Waals surface area contributed by atoms with Crippen LogP contribution in [-0.4, -0.2) is 55.2 Å². The maximum Gasteiger partial charge on any atom is 0.148 e. The lowest BCUT2D eigenvalue weighted by Crippen LogP contribution is -2.34. The Balaban J connectivity index is 2.80. The van der Waals surface area contributed by atoms with Gasteiger partial charge in [-0.1, -0.05) is 0 Å². The fraction of sp³-hybridized carbons (Fsp3) is 0.727. The summed E-state index contributed by atoms with van der Waals surface area (Å²) in [7, 11) is 0.794. The molecule has 0 bridgehead atoms. The summed E-state index contributed by atoms with van der Waals surface area (Å²) in [4.78, 5) is 1.96. The normalized spacial score (nSPS) is 14.1. The molecule has 1 aromatic heterocycles. The van der Waals surface area contributed by atoms with Crippen LogP contribution in [-0.2, 0) is 16.9 Å². The minimum Gasteiger partial charge on any atom is -0.329 e. The first-order valence-corrected chi connectivity index (χ1v) is 7.89. The van der Waals surface area contributed by atoms with Gasteiger partial charge in [-0.05, 0) is 14.0 Å². The van der Waals surface area contributed by atoms with Gasteiger partial charge in [0.25, 0.3) is 0 Å². The molecule has 1 heterocycles. The Morgan fingerprint density at radius 2 is 2.17 bits per heavy atom. The van der Waals surface area contributed by atoms with Crippen LogP contribution >= 0.6 is 0 Å². The van der Waals surface area contributed by atoms with Gasteiger partial charge in [0.15, 0.2) is 0 Å². The van der Waals surface area contributed by atoms with Crippen molar-refractivity contribution in [2.45, 2.75) is 13.0 Å². The van der Waals surface area contributed by atoms with E-state index >= 15 is 0 Å². The molecule has 0 amide bonds. The molecule has 1 rings (SSSR count). The summed E-state index contributed by atoms with van der Waals surface area (Å²) in [5, 5.41) is 4.29. The fourth-order valence-corrected chi connectivity index (χ4v) is 2.57. The van der Waals surface area contributed by atoms with Gasteiger partial charge in [-0.2, -0.15) is 5.10 Å². The molecule has 0 radical (unpaired) electrons. The minimum atomic E-state index is -2.95. The molecule has 0 spiro atoms. The van der Waals surface area contributed by atoms with Crippen LogP contribution in [0.1, 0.15) is 17.3 Å². The van der Waals surface area contributed by atoms with Gasteiger partial charge in [0.2, 0.25) is 0 Å². The molecule has 0 aromatic carbocycles. The monoisotopic (exact) mass is 274 g/mol. The quantitative estimate of drug-likeness (QED) is 0.770. The number of hydrogen-bond donors (Lipinski definition) is 1. The van der Waals surface area contributed by atoms with Gasteiger partial charge in [0, 0.05) is 38.2 Å². The van der Waals surface area contributed by atoms with Crippen molar-refractivity contribution in [2.24, 2.45) is 12.8 Å². The molecular formula is C11H22N4O2S. The van der Waals surface area contributed by atoms with Crippen molar-refractivity contribution < 1.29 is 8.42 Å². The number of nitrogens with two attached hydrogens (primary N) is 1. The summed E-state index contributed by atoms with van der Waals surface area (Å²) in [5.74, 6) is 0.138. The number of aromatic nitrogens is 2. The number of aryl methyl sites for hydroxylation is 2. The number of rotatable bonds is 6. The van der Waals surface area contributed by atoms with Crippen molar-refractivity contribution in [3.63, 3.8) is 0 Å². The van der Waals surface area contributed by atoms with E-state index in [-0.39, 0.29) is 11.8 Å². The third-order valence-electron chi connectivity index (χ3n) is 2.98. The topological polar surface area (TPSA) is 81.2 Å². The van der Waals surface area contributed by atoms with E-state index in [1.165, 1.54) is 6.26 Å². The van der Waals surface area contributed by atoms with Crippen molar-refractivity contribution in [2.75, 3.05) is 32.1 Å². The van der Waals surface area contributed by atoms with Crippen molar-refractivity contribution in [3.8, 4) is 0 Å². The van der Waals surface area contributed by atoms with E-state index in [0.717, 1.165) is 11.3 Å². The summed E-state index contributed by atoms with van der Waals surface area (Å²) in [6.07, 6.45) is 3.18. The predicted molar refractivity (Wildman–Crippen MR) is 72.1 cm³/mol. The van der Waals surface area contributed by atoms with Gasteiger partial charge in [0.05, 0.1) is 17.5 Å². The summed E-state index contributed by atoms with van der Waals surface area (Å²) in [6.45, 7) is 2.84. The summed E-state index contributed by atoms with van der Waals surface area (Å²) in [6, 6.07) is 0.000417. The smallest absolute Gasteiger partial charge is 0.148 e. The zero-order valence-electron chi connectivity index (χ0n) is 11.4. The van der Waals surface area contributed by atoms with Crippen LogP contribution in [0.3, 0.4) is 0 Å². The first-order valence-electron chi connectivity index (χ1n) is 5.82. The molecule has 0 aliphatic rings. The first kappa shape index (κ1) is 15.1. The summed E-state index contributed by atoms with van der Waals surface area (Å²) < 4.78 is 24.1. The van der Waals surface area contributed by atoms with E-state index in [0.29, 0.717) is 13.1 Å². The molecule has 18 heavy (non-hydrogen) atoms. The Kier molecular flexibility index (Phi) is 4.89. The van der Waals surface area contributed by atoms with Gasteiger partial charge in [-0.3, -0.25) is 9.58 Å². The molecule has 0 saturated heterocycles. The molecule has 104 valence electrons. The lowest BCUT2D eigenvalue weighted by molar-refractivity contribution is 0.263. The Morgan fingerprint density at radius 1 is 1.56 bits per heavy atom. The third kappa shape index (κ3) is 4.08. The Labute approximate surface area is 109 Å². The molecule has 0 aliphatic heterocycles. The third-order valence-corrected chi connectivity index (χ3v) is 3.90. The standard InChI is InChI=1S/C11H22N4O2S/c1-9-10(8-15(3)13-9)11(7-12)14(2)5-6-18(4,16)17/h8,11H,5-7,12H2,1-4H3. The molecular weight excluding hydrogens is 252 g/mol. The van der Waals surface area contributed by atoms with Gasteiger partial charge in [-0.25, -0.2) is 8.42 Å². The molecule has 0 fully saturated rings. The second kappa shape index (κ2) is 5.81. The number of sulfone groups is 1. The van der Waals surface area contributed by atoms with Crippen molar-refractivity contribution in [1.82, 2.24) is 14.7 Å². The molecule has 1 atom stereocenters. The van der Waals surface area contributed by atoms with E-state index in [4.69, 9.17) is 5.73 Å². The fourth-order valence-electron chi connectivity index (χ4n) is 1.96. The van der Waals surface area contributed by atoms with Gasteiger partial charge >= 0.3 is 0 Å². The highest BCUT2D eigenvalue weighted by Crippen LogP contribution is 2.20. The van der Waals surface area contributed by atoms with Crippen LogP contribution in [0.4, 0.5) is 0 Å². The predicted octanol–water partition coefficient (Wildman–Crippen LogP) is -0.295. The maximum absolute atomic E-state index is 11.2. The van der Waals surface area contributed by atoms with E-state index in [2.05, 4.69) is 5.10 Å². The van der Waals surface area contributed by atoms with Gasteiger partial charge in [-0.15, -0.1) is 0 Å². The maximum atomic E-state index is 11.2. The molecule has 1 unspecified atom stereocenters. The zero-order chi connectivity index (χ0) is 13.9. The zero-order valence-corrected chi connectivity index (χ0v) is 12.2. The van der Waals surface area contributed by atoms with Crippen LogP contribution in [0.2, 0.25) is 0 Å². The highest BCUT2D eigenvalue weighted by atomic mass is 32.2. The van der Waals surface area contributed by atoms with Crippen LogP contribution in [0.5, 0.6) is 0 Å². The number of hydrogen-bond acceptors (Lipinski definition) is 5. The molecule has 0 aliphatic carbocycles. The summed E-state index contributed by atoms with van der Waals surface area (Å²) in [5.41, 5.74) is 7.78. The van der Waals surface area contributed by atoms with Crippen molar-refractivity contribution >= 4 is 9.84 Å². The van der Waals surface area contributed by atoms with Crippen LogP contribution in [0.25, 0.3) is 0 Å². The SMILES string of the molecule is Cc1nn(C)cc1C(CN)N(C)CCS(C)(=O)=O. The average molecular weight is 274 g/mol. The number of nitrogens with zero attached hydrogens (tertiary/aromatic N) is 3.